The van der Waals surface area contributed by atoms with Crippen LogP contribution in [0, 0.1) is 10.1 Å². The summed E-state index contributed by atoms with van der Waals surface area (Å²) < 4.78 is 4.96. The quantitative estimate of drug-likeness (QED) is 0.618. The Morgan fingerprint density at radius 3 is 2.48 bits per heavy atom. The van der Waals surface area contributed by atoms with Crippen LogP contribution in [-0.2, 0) is 6.54 Å². The number of nitro groups is 1. The Morgan fingerprint density at radius 1 is 1.15 bits per heavy atom. The van der Waals surface area contributed by atoms with Crippen molar-refractivity contribution in [3.63, 3.8) is 0 Å². The van der Waals surface area contributed by atoms with Gasteiger partial charge in [-0.05, 0) is 55.8 Å². The van der Waals surface area contributed by atoms with Crippen LogP contribution in [0.25, 0.3) is 0 Å². The molecule has 1 saturated heterocycles. The number of methoxy groups -OCH3 is 1. The van der Waals surface area contributed by atoms with E-state index in [1.54, 1.807) is 0 Å². The molecule has 3 rings (SSSR count). The second-order valence-electron chi connectivity index (χ2n) is 6.63. The number of nitrogens with one attached hydrogen (secondary N) is 1. The van der Waals surface area contributed by atoms with Gasteiger partial charge < -0.3 is 10.1 Å². The van der Waals surface area contributed by atoms with E-state index < -0.39 is 10.8 Å². The van der Waals surface area contributed by atoms with Crippen LogP contribution in [0.2, 0.25) is 0 Å². The molecule has 0 spiro atoms. The van der Waals surface area contributed by atoms with Crippen molar-refractivity contribution in [2.45, 2.75) is 25.8 Å². The van der Waals surface area contributed by atoms with Crippen molar-refractivity contribution in [3.05, 3.63) is 63.7 Å². The Kier molecular flexibility index (Phi) is 6.03. The van der Waals surface area contributed by atoms with Gasteiger partial charge >= 0.3 is 5.69 Å². The SMILES string of the molecule is COc1ccc(C(=O)Nc2ccc(CN3CCCCC3)cc2)cc1[N+](=O)[O-]. The summed E-state index contributed by atoms with van der Waals surface area (Å²) in [5.74, 6) is -0.275. The number of hydrogen-bond donors (Lipinski definition) is 1. The molecule has 1 heterocycles. The van der Waals surface area contributed by atoms with Gasteiger partial charge in [0.1, 0.15) is 0 Å². The normalized spacial score (nSPS) is 14.6. The first-order valence-electron chi connectivity index (χ1n) is 9.02. The average Bonchev–Trinajstić information content (AvgIpc) is 2.69. The Labute approximate surface area is 158 Å². The largest absolute Gasteiger partial charge is 0.490 e. The molecule has 1 fully saturated rings. The zero-order valence-electron chi connectivity index (χ0n) is 15.3. The number of nitro benzene ring substituents is 1. The van der Waals surface area contributed by atoms with E-state index in [9.17, 15) is 14.9 Å². The van der Waals surface area contributed by atoms with Crippen molar-refractivity contribution >= 4 is 17.3 Å². The van der Waals surface area contributed by atoms with E-state index >= 15 is 0 Å². The summed E-state index contributed by atoms with van der Waals surface area (Å²) >= 11 is 0. The highest BCUT2D eigenvalue weighted by molar-refractivity contribution is 6.04. The summed E-state index contributed by atoms with van der Waals surface area (Å²) in [6, 6.07) is 11.9. The van der Waals surface area contributed by atoms with Crippen LogP contribution >= 0.6 is 0 Å². The number of ether oxygens (including phenoxy) is 1. The predicted molar refractivity (Wildman–Crippen MR) is 103 cm³/mol. The Bertz CT molecular complexity index is 814. The topological polar surface area (TPSA) is 84.7 Å². The molecule has 7 heteroatoms. The van der Waals surface area contributed by atoms with Crippen LogP contribution in [0.4, 0.5) is 11.4 Å². The van der Waals surface area contributed by atoms with Crippen LogP contribution in [0.3, 0.4) is 0 Å². The monoisotopic (exact) mass is 369 g/mol. The van der Waals surface area contributed by atoms with E-state index in [1.807, 2.05) is 24.3 Å². The first-order chi connectivity index (χ1) is 13.1. The summed E-state index contributed by atoms with van der Waals surface area (Å²) in [6.07, 6.45) is 3.81. The molecule has 0 atom stereocenters. The molecule has 0 unspecified atom stereocenters. The number of hydrogen-bond acceptors (Lipinski definition) is 5. The van der Waals surface area contributed by atoms with Crippen LogP contribution in [0.1, 0.15) is 35.2 Å². The third kappa shape index (κ3) is 4.83. The number of likely N-dealkylation sites (tertiary alicyclic amines) is 1. The Morgan fingerprint density at radius 2 is 1.85 bits per heavy atom. The van der Waals surface area contributed by atoms with Crippen molar-refractivity contribution in [2.75, 3.05) is 25.5 Å². The zero-order chi connectivity index (χ0) is 19.2. The summed E-state index contributed by atoms with van der Waals surface area (Å²) in [4.78, 5) is 25.4. The molecule has 7 nitrogen and oxygen atoms in total. The van der Waals surface area contributed by atoms with E-state index in [0.29, 0.717) is 5.69 Å². The van der Waals surface area contributed by atoms with Crippen LogP contribution in [0.15, 0.2) is 42.5 Å². The lowest BCUT2D eigenvalue weighted by Crippen LogP contribution is -2.29. The molecule has 0 radical (unpaired) electrons. The highest BCUT2D eigenvalue weighted by Gasteiger charge is 2.18. The Balaban J connectivity index is 1.65. The number of benzene rings is 2. The predicted octanol–water partition coefficient (Wildman–Crippen LogP) is 3.84. The van der Waals surface area contributed by atoms with Gasteiger partial charge in [-0.1, -0.05) is 18.6 Å². The van der Waals surface area contributed by atoms with E-state index in [2.05, 4.69) is 10.2 Å². The highest BCUT2D eigenvalue weighted by atomic mass is 16.6. The molecule has 0 saturated carbocycles. The summed E-state index contributed by atoms with van der Waals surface area (Å²) in [5, 5.41) is 13.9. The fraction of sp³-hybridized carbons (Fsp3) is 0.350. The first kappa shape index (κ1) is 18.8. The molecule has 0 aliphatic carbocycles. The van der Waals surface area contributed by atoms with Crippen LogP contribution < -0.4 is 10.1 Å². The van der Waals surface area contributed by atoms with Crippen molar-refractivity contribution < 1.29 is 14.5 Å². The van der Waals surface area contributed by atoms with Crippen molar-refractivity contribution in [1.82, 2.24) is 4.90 Å². The molecule has 27 heavy (non-hydrogen) atoms. The van der Waals surface area contributed by atoms with Gasteiger partial charge in [-0.15, -0.1) is 0 Å². The third-order valence-electron chi connectivity index (χ3n) is 4.70. The van der Waals surface area contributed by atoms with E-state index in [1.165, 1.54) is 50.1 Å². The minimum atomic E-state index is -0.564. The molecular weight excluding hydrogens is 346 g/mol. The minimum Gasteiger partial charge on any atom is -0.490 e. The number of nitrogens with zero attached hydrogens (tertiary/aromatic N) is 2. The van der Waals surface area contributed by atoms with Gasteiger partial charge in [0, 0.05) is 23.9 Å². The standard InChI is InChI=1S/C20H23N3O4/c1-27-19-10-7-16(13-18(19)23(25)26)20(24)21-17-8-5-15(6-9-17)14-22-11-3-2-4-12-22/h5-10,13H,2-4,11-12,14H2,1H3,(H,21,24). The first-order valence-corrected chi connectivity index (χ1v) is 9.02. The lowest BCUT2D eigenvalue weighted by atomic mass is 10.1. The molecular formula is C20H23N3O4. The highest BCUT2D eigenvalue weighted by Crippen LogP contribution is 2.28. The van der Waals surface area contributed by atoms with Crippen LogP contribution in [-0.4, -0.2) is 35.9 Å². The number of anilines is 1. The van der Waals surface area contributed by atoms with Gasteiger partial charge in [0.15, 0.2) is 5.75 Å². The zero-order valence-corrected chi connectivity index (χ0v) is 15.3. The molecule has 1 amide bonds. The fourth-order valence-electron chi connectivity index (χ4n) is 3.25. The summed E-state index contributed by atoms with van der Waals surface area (Å²) in [5.41, 5.74) is 1.83. The van der Waals surface area contributed by atoms with Crippen molar-refractivity contribution in [1.29, 1.82) is 0 Å². The van der Waals surface area contributed by atoms with Gasteiger partial charge in [0.25, 0.3) is 5.91 Å². The Hall–Kier alpha value is -2.93. The molecule has 1 N–H and O–H groups in total. The van der Waals surface area contributed by atoms with E-state index in [-0.39, 0.29) is 17.0 Å². The average molecular weight is 369 g/mol. The minimum absolute atomic E-state index is 0.124. The number of piperidine rings is 1. The molecule has 2 aromatic rings. The van der Waals surface area contributed by atoms with Crippen LogP contribution in [0.5, 0.6) is 5.75 Å². The smallest absolute Gasteiger partial charge is 0.311 e. The molecule has 1 aliphatic rings. The van der Waals surface area contributed by atoms with Gasteiger partial charge in [0.2, 0.25) is 0 Å². The summed E-state index contributed by atoms with van der Waals surface area (Å²) in [7, 11) is 1.35. The molecule has 0 bridgehead atoms. The second kappa shape index (κ2) is 8.64. The van der Waals surface area contributed by atoms with Gasteiger partial charge in [0.05, 0.1) is 12.0 Å². The maximum absolute atomic E-state index is 12.4. The third-order valence-corrected chi connectivity index (χ3v) is 4.70. The second-order valence-corrected chi connectivity index (χ2v) is 6.63. The molecule has 2 aromatic carbocycles. The fourth-order valence-corrected chi connectivity index (χ4v) is 3.25. The maximum atomic E-state index is 12.4. The number of amides is 1. The number of rotatable bonds is 6. The lowest BCUT2D eigenvalue weighted by molar-refractivity contribution is -0.385. The molecule has 142 valence electrons. The number of carbonyl (C=O) groups excluding carboxylic acids is 1. The van der Waals surface area contributed by atoms with E-state index in [0.717, 1.165) is 19.6 Å². The van der Waals surface area contributed by atoms with Crippen molar-refractivity contribution in [3.8, 4) is 5.75 Å². The van der Waals surface area contributed by atoms with Gasteiger partial charge in [-0.2, -0.15) is 0 Å². The molecule has 0 aromatic heterocycles. The maximum Gasteiger partial charge on any atom is 0.311 e. The van der Waals surface area contributed by atoms with Gasteiger partial charge in [-0.3, -0.25) is 19.8 Å². The molecule has 1 aliphatic heterocycles. The van der Waals surface area contributed by atoms with E-state index in [4.69, 9.17) is 4.74 Å². The lowest BCUT2D eigenvalue weighted by Gasteiger charge is -2.26. The summed E-state index contributed by atoms with van der Waals surface area (Å²) in [6.45, 7) is 3.18. The van der Waals surface area contributed by atoms with Gasteiger partial charge in [-0.25, -0.2) is 0 Å². The van der Waals surface area contributed by atoms with Crippen molar-refractivity contribution in [2.24, 2.45) is 0 Å². The number of carbonyl (C=O) groups is 1.